The average molecular weight is 346 g/mol. The van der Waals surface area contributed by atoms with Crippen molar-refractivity contribution < 1.29 is 0 Å². The van der Waals surface area contributed by atoms with Crippen LogP contribution in [0.1, 0.15) is 102 Å². The van der Waals surface area contributed by atoms with Gasteiger partial charge in [-0.3, -0.25) is 0 Å². The van der Waals surface area contributed by atoms with Gasteiger partial charge < -0.3 is 5.73 Å². The highest BCUT2D eigenvalue weighted by molar-refractivity contribution is 4.60. The third-order valence-corrected chi connectivity index (χ3v) is 2.61. The molecule has 0 saturated heterocycles. The van der Waals surface area contributed by atoms with Crippen molar-refractivity contribution in [3.63, 3.8) is 0 Å². The van der Waals surface area contributed by atoms with Crippen LogP contribution in [0.5, 0.6) is 0 Å². The summed E-state index contributed by atoms with van der Waals surface area (Å²) in [7, 11) is 1.50. The summed E-state index contributed by atoms with van der Waals surface area (Å²) in [4.78, 5) is 0. The van der Waals surface area contributed by atoms with Gasteiger partial charge in [-0.25, -0.2) is 0 Å². The van der Waals surface area contributed by atoms with E-state index in [2.05, 4.69) is 93.9 Å². The molecule has 0 aliphatic rings. The predicted octanol–water partition coefficient (Wildman–Crippen LogP) is 8.35. The lowest BCUT2D eigenvalue weighted by Crippen LogP contribution is -2.08. The summed E-state index contributed by atoms with van der Waals surface area (Å²) in [6.07, 6.45) is 3.98. The Morgan fingerprint density at radius 1 is 0.792 bits per heavy atom. The minimum absolute atomic E-state index is 0.833. The lowest BCUT2D eigenvalue weighted by atomic mass is 9.88. The van der Waals surface area contributed by atoms with Crippen LogP contribution in [0, 0.1) is 23.7 Å². The lowest BCUT2D eigenvalue weighted by molar-refractivity contribution is 0.327. The average Bonchev–Trinajstić information content (AvgIpc) is 2.52. The lowest BCUT2D eigenvalue weighted by Gasteiger charge is -2.18. The number of nitrogens with two attached hydrogens (primary N) is 1. The predicted molar refractivity (Wildman–Crippen MR) is 121 cm³/mol. The van der Waals surface area contributed by atoms with E-state index in [-0.39, 0.29) is 0 Å². The first-order valence-corrected chi connectivity index (χ1v) is 10.0. The normalized spacial score (nSPS) is 10.3. The van der Waals surface area contributed by atoms with Crippen LogP contribution in [0.15, 0.2) is 18.9 Å². The van der Waals surface area contributed by atoms with Gasteiger partial charge >= 0.3 is 0 Å². The summed E-state index contributed by atoms with van der Waals surface area (Å²) in [5.74, 6) is 3.50. The fourth-order valence-corrected chi connectivity index (χ4v) is 1.07. The van der Waals surface area contributed by atoms with E-state index in [1.165, 1.54) is 26.3 Å². The molecule has 0 heterocycles. The third kappa shape index (κ3) is 100. The standard InChI is InChI=1S/C10H22.C4H10.C3H8.C3H4.C2H6.CH5N/c1-6-9(4)7-10(5)8(2)3;1-4(2)3;2*1-3-2;2*1-2/h8-10H,6-7H2,1-5H3;4H,1-3H3;3H2,1-2H3;1-2H2;1-2H3;2H2,1H3. The van der Waals surface area contributed by atoms with Gasteiger partial charge in [-0.2, -0.15) is 0 Å². The van der Waals surface area contributed by atoms with Gasteiger partial charge in [-0.1, -0.05) is 109 Å². The second kappa shape index (κ2) is 43.3. The highest BCUT2D eigenvalue weighted by Gasteiger charge is 2.09. The van der Waals surface area contributed by atoms with Crippen LogP contribution in [-0.4, -0.2) is 7.05 Å². The zero-order valence-electron chi connectivity index (χ0n) is 19.9. The van der Waals surface area contributed by atoms with Crippen molar-refractivity contribution >= 4 is 0 Å². The number of hydrogen-bond donors (Lipinski definition) is 1. The molecule has 0 aliphatic heterocycles. The fourth-order valence-electron chi connectivity index (χ4n) is 1.07. The Balaban J connectivity index is -0.0000000483. The Morgan fingerprint density at radius 3 is 1.12 bits per heavy atom. The van der Waals surface area contributed by atoms with Crippen molar-refractivity contribution in [2.24, 2.45) is 29.4 Å². The van der Waals surface area contributed by atoms with Crippen LogP contribution >= 0.6 is 0 Å². The number of hydrogen-bond acceptors (Lipinski definition) is 1. The van der Waals surface area contributed by atoms with Gasteiger partial charge in [0.2, 0.25) is 0 Å². The molecule has 0 amide bonds. The zero-order valence-corrected chi connectivity index (χ0v) is 19.9. The SMILES string of the molecule is C=C=C.CC.CC(C)C.CCC.CCC(C)CC(C)C(C)C.CN. The van der Waals surface area contributed by atoms with E-state index in [0.29, 0.717) is 0 Å². The van der Waals surface area contributed by atoms with Crippen LogP contribution in [0.4, 0.5) is 0 Å². The molecule has 2 atom stereocenters. The molecule has 2 N–H and O–H groups in total. The van der Waals surface area contributed by atoms with Crippen LogP contribution < -0.4 is 5.73 Å². The molecule has 0 rings (SSSR count). The van der Waals surface area contributed by atoms with Crippen molar-refractivity contribution in [2.45, 2.75) is 102 Å². The van der Waals surface area contributed by atoms with Crippen molar-refractivity contribution in [1.29, 1.82) is 0 Å². The molecule has 0 aromatic heterocycles. The second-order valence-electron chi connectivity index (χ2n) is 6.66. The van der Waals surface area contributed by atoms with Gasteiger partial charge in [0, 0.05) is 0 Å². The van der Waals surface area contributed by atoms with E-state index in [4.69, 9.17) is 0 Å². The van der Waals surface area contributed by atoms with Crippen molar-refractivity contribution in [1.82, 2.24) is 0 Å². The number of rotatable bonds is 4. The van der Waals surface area contributed by atoms with Gasteiger partial charge in [0.05, 0.1) is 0 Å². The molecule has 2 unspecified atom stereocenters. The molecule has 0 bridgehead atoms. The molecule has 152 valence electrons. The zero-order chi connectivity index (χ0) is 21.1. The van der Waals surface area contributed by atoms with E-state index >= 15 is 0 Å². The molecular formula is C23H55N. The van der Waals surface area contributed by atoms with Gasteiger partial charge in [0.25, 0.3) is 0 Å². The van der Waals surface area contributed by atoms with Crippen LogP contribution in [-0.2, 0) is 0 Å². The van der Waals surface area contributed by atoms with Gasteiger partial charge in [-0.05, 0) is 37.1 Å². The summed E-state index contributed by atoms with van der Waals surface area (Å²) in [5, 5.41) is 0. The first-order valence-electron chi connectivity index (χ1n) is 10.0. The van der Waals surface area contributed by atoms with E-state index < -0.39 is 0 Å². The molecule has 0 aliphatic carbocycles. The minimum atomic E-state index is 0.833. The molecule has 1 nitrogen and oxygen atoms in total. The van der Waals surface area contributed by atoms with Crippen LogP contribution in [0.25, 0.3) is 0 Å². The first kappa shape index (κ1) is 38.8. The second-order valence-corrected chi connectivity index (χ2v) is 6.66. The smallest absolute Gasteiger partial charge is 0.0195 e. The van der Waals surface area contributed by atoms with Gasteiger partial charge in [0.1, 0.15) is 0 Å². The maximum Gasteiger partial charge on any atom is -0.0195 e. The molecule has 0 aromatic carbocycles. The molecule has 0 radical (unpaired) electrons. The van der Waals surface area contributed by atoms with Crippen molar-refractivity contribution in [2.75, 3.05) is 7.05 Å². The Kier molecular flexibility index (Phi) is 70.0. The summed E-state index contributed by atoms with van der Waals surface area (Å²) in [6.45, 7) is 32.6. The Bertz CT molecular complexity index is 174. The Morgan fingerprint density at radius 2 is 1.00 bits per heavy atom. The quantitative estimate of drug-likeness (QED) is 0.509. The summed E-state index contributed by atoms with van der Waals surface area (Å²) in [6, 6.07) is 0. The van der Waals surface area contributed by atoms with E-state index in [0.717, 1.165) is 23.7 Å². The summed E-state index contributed by atoms with van der Waals surface area (Å²) < 4.78 is 0. The van der Waals surface area contributed by atoms with E-state index in [1.54, 1.807) is 0 Å². The Hall–Kier alpha value is -0.520. The van der Waals surface area contributed by atoms with Gasteiger partial charge in [-0.15, -0.1) is 5.73 Å². The molecule has 0 spiro atoms. The Labute approximate surface area is 158 Å². The molecule has 0 aromatic rings. The molecule has 0 fully saturated rings. The monoisotopic (exact) mass is 345 g/mol. The molecule has 0 saturated carbocycles. The molecule has 1 heteroatoms. The van der Waals surface area contributed by atoms with E-state index in [1.807, 2.05) is 13.8 Å². The topological polar surface area (TPSA) is 26.0 Å². The summed E-state index contributed by atoms with van der Waals surface area (Å²) >= 11 is 0. The molecular weight excluding hydrogens is 290 g/mol. The van der Waals surface area contributed by atoms with Crippen LogP contribution in [0.2, 0.25) is 0 Å². The fraction of sp³-hybridized carbons (Fsp3) is 0.870. The maximum atomic E-state index is 4.50. The largest absolute Gasteiger partial charge is 0.333 e. The minimum Gasteiger partial charge on any atom is -0.333 e. The highest BCUT2D eigenvalue weighted by Crippen LogP contribution is 2.20. The van der Waals surface area contributed by atoms with Gasteiger partial charge in [0.15, 0.2) is 0 Å². The summed E-state index contributed by atoms with van der Waals surface area (Å²) in [5.41, 5.74) is 6.75. The highest BCUT2D eigenvalue weighted by atomic mass is 14.4. The van der Waals surface area contributed by atoms with Crippen molar-refractivity contribution in [3.05, 3.63) is 18.9 Å². The third-order valence-electron chi connectivity index (χ3n) is 2.61. The first-order chi connectivity index (χ1) is 11.1. The molecule has 24 heavy (non-hydrogen) atoms. The van der Waals surface area contributed by atoms with Crippen molar-refractivity contribution in [3.8, 4) is 0 Å². The van der Waals surface area contributed by atoms with E-state index in [9.17, 15) is 0 Å². The maximum absolute atomic E-state index is 4.50. The van der Waals surface area contributed by atoms with Crippen LogP contribution in [0.3, 0.4) is 0 Å².